The normalized spacial score (nSPS) is 17.5. The van der Waals surface area contributed by atoms with Crippen molar-refractivity contribution < 1.29 is 9.53 Å². The fourth-order valence-corrected chi connectivity index (χ4v) is 2.32. The van der Waals surface area contributed by atoms with Crippen molar-refractivity contribution in [2.24, 2.45) is 5.73 Å². The topological polar surface area (TPSA) is 64.3 Å². The number of benzene rings is 1. The van der Waals surface area contributed by atoms with E-state index in [2.05, 4.69) is 17.4 Å². The highest BCUT2D eigenvalue weighted by Crippen LogP contribution is 2.30. The number of nitrogens with two attached hydrogens (primary N) is 1. The van der Waals surface area contributed by atoms with E-state index < -0.39 is 0 Å². The van der Waals surface area contributed by atoms with Crippen molar-refractivity contribution in [2.45, 2.75) is 25.3 Å². The van der Waals surface area contributed by atoms with Crippen molar-refractivity contribution in [1.82, 2.24) is 5.32 Å². The number of amides is 1. The average Bonchev–Trinajstić information content (AvgIpc) is 2.78. The summed E-state index contributed by atoms with van der Waals surface area (Å²) >= 11 is 0. The van der Waals surface area contributed by atoms with E-state index in [4.69, 9.17) is 10.5 Å². The molecular weight excluding hydrogens is 228 g/mol. The fourth-order valence-electron chi connectivity index (χ4n) is 2.32. The third-order valence-electron chi connectivity index (χ3n) is 3.20. The first-order valence-electron chi connectivity index (χ1n) is 6.46. The van der Waals surface area contributed by atoms with E-state index in [-0.39, 0.29) is 11.9 Å². The first kappa shape index (κ1) is 13.1. The van der Waals surface area contributed by atoms with Crippen LogP contribution in [-0.2, 0) is 16.0 Å². The largest absolute Gasteiger partial charge is 0.380 e. The molecule has 1 amide bonds. The van der Waals surface area contributed by atoms with E-state index in [0.29, 0.717) is 26.2 Å². The molecule has 1 atom stereocenters. The third kappa shape index (κ3) is 3.31. The van der Waals surface area contributed by atoms with Crippen LogP contribution in [0.3, 0.4) is 0 Å². The molecule has 4 nitrogen and oxygen atoms in total. The Kier molecular flexibility index (Phi) is 4.73. The molecule has 0 spiro atoms. The van der Waals surface area contributed by atoms with Crippen molar-refractivity contribution in [1.29, 1.82) is 0 Å². The van der Waals surface area contributed by atoms with Crippen molar-refractivity contribution in [3.8, 4) is 0 Å². The van der Waals surface area contributed by atoms with Gasteiger partial charge in [0.05, 0.1) is 19.3 Å². The fraction of sp³-hybridized carbons (Fsp3) is 0.500. The molecule has 0 bridgehead atoms. The molecule has 0 aromatic heterocycles. The number of hydrogen-bond donors (Lipinski definition) is 2. The minimum Gasteiger partial charge on any atom is -0.380 e. The first-order chi connectivity index (χ1) is 8.81. The van der Waals surface area contributed by atoms with E-state index in [1.54, 1.807) is 0 Å². The Morgan fingerprint density at radius 1 is 1.39 bits per heavy atom. The van der Waals surface area contributed by atoms with Crippen molar-refractivity contribution in [3.63, 3.8) is 0 Å². The molecule has 2 rings (SSSR count). The zero-order valence-corrected chi connectivity index (χ0v) is 10.5. The lowest BCUT2D eigenvalue weighted by molar-refractivity contribution is -0.122. The Bertz CT molecular complexity index is 407. The summed E-state index contributed by atoms with van der Waals surface area (Å²) < 4.78 is 5.20. The molecule has 1 aliphatic carbocycles. The van der Waals surface area contributed by atoms with Crippen LogP contribution < -0.4 is 11.1 Å². The quantitative estimate of drug-likeness (QED) is 0.742. The molecule has 0 heterocycles. The summed E-state index contributed by atoms with van der Waals surface area (Å²) in [6.07, 6.45) is 2.44. The Hall–Kier alpha value is -1.39. The minimum atomic E-state index is 0.0497. The SMILES string of the molecule is NCCOCCC(=O)NC1CCc2ccccc21. The van der Waals surface area contributed by atoms with Crippen LogP contribution in [0.2, 0.25) is 0 Å². The summed E-state index contributed by atoms with van der Waals surface area (Å²) in [4.78, 5) is 11.7. The number of aryl methyl sites for hydroxylation is 1. The van der Waals surface area contributed by atoms with Gasteiger partial charge in [-0.2, -0.15) is 0 Å². The highest BCUT2D eigenvalue weighted by molar-refractivity contribution is 5.76. The Balaban J connectivity index is 1.79. The van der Waals surface area contributed by atoms with Gasteiger partial charge >= 0.3 is 0 Å². The van der Waals surface area contributed by atoms with Crippen LogP contribution in [-0.4, -0.2) is 25.7 Å². The summed E-state index contributed by atoms with van der Waals surface area (Å²) in [5.41, 5.74) is 7.91. The zero-order valence-electron chi connectivity index (χ0n) is 10.5. The molecule has 1 aromatic carbocycles. The van der Waals surface area contributed by atoms with Crippen molar-refractivity contribution >= 4 is 5.91 Å². The zero-order chi connectivity index (χ0) is 12.8. The maximum atomic E-state index is 11.7. The second-order valence-electron chi connectivity index (χ2n) is 4.51. The molecule has 1 aromatic rings. The molecule has 0 saturated heterocycles. The van der Waals surface area contributed by atoms with Crippen LogP contribution >= 0.6 is 0 Å². The molecule has 0 aliphatic heterocycles. The predicted octanol–water partition coefficient (Wildman–Crippen LogP) is 1.16. The molecule has 4 heteroatoms. The first-order valence-corrected chi connectivity index (χ1v) is 6.46. The summed E-state index contributed by atoms with van der Waals surface area (Å²) in [7, 11) is 0. The average molecular weight is 248 g/mol. The number of carbonyl (C=O) groups excluding carboxylic acids is 1. The minimum absolute atomic E-state index is 0.0497. The summed E-state index contributed by atoms with van der Waals surface area (Å²) in [6, 6.07) is 8.46. The van der Waals surface area contributed by atoms with Gasteiger partial charge in [-0.15, -0.1) is 0 Å². The van der Waals surface area contributed by atoms with Gasteiger partial charge in [0.25, 0.3) is 0 Å². The van der Waals surface area contributed by atoms with Crippen LogP contribution in [0.25, 0.3) is 0 Å². The van der Waals surface area contributed by atoms with Crippen LogP contribution in [0, 0.1) is 0 Å². The smallest absolute Gasteiger partial charge is 0.222 e. The van der Waals surface area contributed by atoms with E-state index >= 15 is 0 Å². The number of carbonyl (C=O) groups is 1. The number of hydrogen-bond acceptors (Lipinski definition) is 3. The second-order valence-corrected chi connectivity index (χ2v) is 4.51. The van der Waals surface area contributed by atoms with E-state index in [9.17, 15) is 4.79 Å². The van der Waals surface area contributed by atoms with Gasteiger partial charge in [0, 0.05) is 13.0 Å². The van der Waals surface area contributed by atoms with Crippen LogP contribution in [0.4, 0.5) is 0 Å². The van der Waals surface area contributed by atoms with Crippen LogP contribution in [0.5, 0.6) is 0 Å². The standard InChI is InChI=1S/C14H20N2O2/c15-8-10-18-9-7-14(17)16-13-6-5-11-3-1-2-4-12(11)13/h1-4,13H,5-10,15H2,(H,16,17). The number of fused-ring (bicyclic) bond motifs is 1. The highest BCUT2D eigenvalue weighted by atomic mass is 16.5. The van der Waals surface area contributed by atoms with Crippen molar-refractivity contribution in [2.75, 3.05) is 19.8 Å². The lowest BCUT2D eigenvalue weighted by Gasteiger charge is -2.14. The molecule has 0 saturated carbocycles. The number of rotatable bonds is 6. The monoisotopic (exact) mass is 248 g/mol. The highest BCUT2D eigenvalue weighted by Gasteiger charge is 2.22. The molecule has 18 heavy (non-hydrogen) atoms. The summed E-state index contributed by atoms with van der Waals surface area (Å²) in [5.74, 6) is 0.0497. The maximum Gasteiger partial charge on any atom is 0.222 e. The lowest BCUT2D eigenvalue weighted by atomic mass is 10.1. The van der Waals surface area contributed by atoms with Gasteiger partial charge < -0.3 is 15.8 Å². The molecule has 1 unspecified atom stereocenters. The molecular formula is C14H20N2O2. The molecule has 3 N–H and O–H groups in total. The van der Waals surface area contributed by atoms with E-state index in [1.165, 1.54) is 11.1 Å². The van der Waals surface area contributed by atoms with E-state index in [0.717, 1.165) is 12.8 Å². The Morgan fingerprint density at radius 2 is 2.22 bits per heavy atom. The van der Waals surface area contributed by atoms with Gasteiger partial charge in [0.2, 0.25) is 5.91 Å². The molecule has 0 fully saturated rings. The van der Waals surface area contributed by atoms with Gasteiger partial charge in [-0.1, -0.05) is 24.3 Å². The molecule has 0 radical (unpaired) electrons. The third-order valence-corrected chi connectivity index (χ3v) is 3.20. The van der Waals surface area contributed by atoms with E-state index in [1.807, 2.05) is 12.1 Å². The van der Waals surface area contributed by atoms with Crippen molar-refractivity contribution in [3.05, 3.63) is 35.4 Å². The Morgan fingerprint density at radius 3 is 3.06 bits per heavy atom. The summed E-state index contributed by atoms with van der Waals surface area (Å²) in [6.45, 7) is 1.45. The lowest BCUT2D eigenvalue weighted by Crippen LogP contribution is -2.28. The van der Waals surface area contributed by atoms with Gasteiger partial charge in [-0.3, -0.25) is 4.79 Å². The summed E-state index contributed by atoms with van der Waals surface area (Å²) in [5, 5.41) is 3.06. The van der Waals surface area contributed by atoms with Gasteiger partial charge in [0.1, 0.15) is 0 Å². The van der Waals surface area contributed by atoms with Crippen LogP contribution in [0.15, 0.2) is 24.3 Å². The second kappa shape index (κ2) is 6.52. The number of nitrogens with one attached hydrogen (secondary N) is 1. The van der Waals surface area contributed by atoms with Crippen LogP contribution in [0.1, 0.15) is 30.0 Å². The van der Waals surface area contributed by atoms with Gasteiger partial charge in [-0.05, 0) is 24.0 Å². The van der Waals surface area contributed by atoms with Gasteiger partial charge in [-0.25, -0.2) is 0 Å². The van der Waals surface area contributed by atoms with Gasteiger partial charge in [0.15, 0.2) is 0 Å². The predicted molar refractivity (Wildman–Crippen MR) is 70.1 cm³/mol. The molecule has 98 valence electrons. The maximum absolute atomic E-state index is 11.7. The molecule has 1 aliphatic rings. The Labute approximate surface area is 108 Å². The number of ether oxygens (including phenoxy) is 1.